The zero-order valence-electron chi connectivity index (χ0n) is 40.6. The monoisotopic (exact) mass is 909 g/mol. The topological polar surface area (TPSA) is 38.5 Å². The second-order valence-corrected chi connectivity index (χ2v) is 20.5. The van der Waals surface area contributed by atoms with E-state index >= 15 is 0 Å². The number of rotatable bonds is 8. The lowest BCUT2D eigenvalue weighted by Crippen LogP contribution is -2.25. The highest BCUT2D eigenvalue weighted by molar-refractivity contribution is 6.20. The summed E-state index contributed by atoms with van der Waals surface area (Å²) >= 11 is 0. The standard InChI is InChI=1S/C64H55N5O/c1-63(2,3)45-35-36-65-59(39-45)69-58-41-49(33-34-54(58)61-62(69)53-27-16-17-30-55(53)68(61)47-25-14-9-15-26-47)70-50-38-46(64(4,5)6)37-48(40-50)66-42-67(57-32-19-18-31-56(57)66)60-51(43-21-10-7-11-22-43)28-20-29-52(60)44-23-12-8-13-24-44/h7-41H,42H2,1-6H3. The van der Waals surface area contributed by atoms with Crippen molar-refractivity contribution in [3.8, 4) is 45.3 Å². The SMILES string of the molecule is CC(C)(C)c1cc(Oc2ccc3c(c2)n(-c2cc(C(C)(C)C)ccn2)c2c4ccccc4n(-c4ccccc4)c32)cc(N2CN(c3c(-c4ccccc4)cccc3-c3ccccc3)c3ccccc32)c1. The van der Waals surface area contributed by atoms with Gasteiger partial charge in [0.1, 0.15) is 24.0 Å². The number of hydrogen-bond acceptors (Lipinski definition) is 4. The lowest BCUT2D eigenvalue weighted by atomic mass is 9.86. The zero-order valence-corrected chi connectivity index (χ0v) is 40.6. The van der Waals surface area contributed by atoms with Gasteiger partial charge in [0.15, 0.2) is 0 Å². The third-order valence-electron chi connectivity index (χ3n) is 13.9. The fourth-order valence-electron chi connectivity index (χ4n) is 10.4. The third kappa shape index (κ3) is 7.39. The van der Waals surface area contributed by atoms with E-state index in [0.29, 0.717) is 6.67 Å². The predicted molar refractivity (Wildman–Crippen MR) is 292 cm³/mol. The van der Waals surface area contributed by atoms with Crippen LogP contribution in [0.2, 0.25) is 0 Å². The van der Waals surface area contributed by atoms with Crippen molar-refractivity contribution >= 4 is 55.6 Å². The van der Waals surface area contributed by atoms with Crippen LogP contribution in [-0.2, 0) is 10.8 Å². The average Bonchev–Trinajstić information content (AvgIpc) is 4.04. The van der Waals surface area contributed by atoms with Crippen molar-refractivity contribution < 1.29 is 4.74 Å². The van der Waals surface area contributed by atoms with E-state index in [-0.39, 0.29) is 10.8 Å². The number of para-hydroxylation sites is 5. The van der Waals surface area contributed by atoms with Gasteiger partial charge in [-0.2, -0.15) is 0 Å². The summed E-state index contributed by atoms with van der Waals surface area (Å²) in [6, 6.07) is 74.1. The molecule has 8 aromatic carbocycles. The number of pyridine rings is 1. The second kappa shape index (κ2) is 16.7. The fraction of sp³-hybridized carbons (Fsp3) is 0.141. The van der Waals surface area contributed by atoms with Gasteiger partial charge >= 0.3 is 0 Å². The minimum absolute atomic E-state index is 0.0653. The molecule has 12 rings (SSSR count). The smallest absolute Gasteiger partial charge is 0.137 e. The summed E-state index contributed by atoms with van der Waals surface area (Å²) in [4.78, 5) is 10.0. The fourth-order valence-corrected chi connectivity index (χ4v) is 10.4. The zero-order chi connectivity index (χ0) is 47.7. The van der Waals surface area contributed by atoms with E-state index in [9.17, 15) is 0 Å². The van der Waals surface area contributed by atoms with Crippen molar-refractivity contribution in [2.24, 2.45) is 0 Å². The molecule has 0 fully saturated rings. The van der Waals surface area contributed by atoms with Gasteiger partial charge < -0.3 is 19.1 Å². The maximum Gasteiger partial charge on any atom is 0.137 e. The van der Waals surface area contributed by atoms with Gasteiger partial charge in [-0.3, -0.25) is 4.57 Å². The largest absolute Gasteiger partial charge is 0.457 e. The van der Waals surface area contributed by atoms with E-state index in [0.717, 1.165) is 72.9 Å². The van der Waals surface area contributed by atoms with Crippen LogP contribution < -0.4 is 14.5 Å². The molecule has 11 aromatic rings. The van der Waals surface area contributed by atoms with Gasteiger partial charge in [0.2, 0.25) is 0 Å². The summed E-state index contributed by atoms with van der Waals surface area (Å²) in [7, 11) is 0. The van der Waals surface area contributed by atoms with Crippen molar-refractivity contribution in [3.05, 3.63) is 224 Å². The molecule has 3 aromatic heterocycles. The number of anilines is 4. The van der Waals surface area contributed by atoms with Crippen molar-refractivity contribution in [3.63, 3.8) is 0 Å². The lowest BCUT2D eigenvalue weighted by Gasteiger charge is -2.28. The minimum atomic E-state index is -0.162. The van der Waals surface area contributed by atoms with E-state index in [1.54, 1.807) is 0 Å². The maximum absolute atomic E-state index is 7.14. The van der Waals surface area contributed by atoms with Crippen LogP contribution in [-0.4, -0.2) is 20.8 Å². The third-order valence-corrected chi connectivity index (χ3v) is 13.9. The van der Waals surface area contributed by atoms with Crippen LogP contribution >= 0.6 is 0 Å². The first-order valence-electron chi connectivity index (χ1n) is 24.3. The molecule has 0 saturated heterocycles. The van der Waals surface area contributed by atoms with Crippen LogP contribution in [0.4, 0.5) is 22.7 Å². The van der Waals surface area contributed by atoms with E-state index < -0.39 is 0 Å². The molecule has 4 heterocycles. The molecule has 0 bridgehead atoms. The van der Waals surface area contributed by atoms with E-state index in [1.807, 2.05) is 6.20 Å². The van der Waals surface area contributed by atoms with Gasteiger partial charge in [0.25, 0.3) is 0 Å². The Morgan fingerprint density at radius 1 is 0.429 bits per heavy atom. The second-order valence-electron chi connectivity index (χ2n) is 20.5. The van der Waals surface area contributed by atoms with Crippen molar-refractivity contribution in [1.82, 2.24) is 14.1 Å². The first-order chi connectivity index (χ1) is 34.0. The molecule has 6 nitrogen and oxygen atoms in total. The molecule has 0 atom stereocenters. The van der Waals surface area contributed by atoms with Gasteiger partial charge in [-0.1, -0.05) is 169 Å². The van der Waals surface area contributed by atoms with Crippen LogP contribution in [0.5, 0.6) is 11.5 Å². The number of benzene rings is 8. The summed E-state index contributed by atoms with van der Waals surface area (Å²) < 4.78 is 11.9. The molecule has 0 radical (unpaired) electrons. The molecule has 0 spiro atoms. The van der Waals surface area contributed by atoms with Crippen molar-refractivity contribution in [2.45, 2.75) is 52.4 Å². The number of nitrogens with zero attached hydrogens (tertiary/aromatic N) is 5. The van der Waals surface area contributed by atoms with E-state index in [2.05, 4.69) is 267 Å². The van der Waals surface area contributed by atoms with Gasteiger partial charge in [0, 0.05) is 51.6 Å². The summed E-state index contributed by atoms with van der Waals surface area (Å²) in [6.45, 7) is 14.2. The molecular weight excluding hydrogens is 855 g/mol. The molecule has 0 N–H and O–H groups in total. The molecule has 70 heavy (non-hydrogen) atoms. The Labute approximate surface area is 410 Å². The highest BCUT2D eigenvalue weighted by Crippen LogP contribution is 2.51. The summed E-state index contributed by atoms with van der Waals surface area (Å²) in [5, 5.41) is 2.28. The number of fused-ring (bicyclic) bond motifs is 6. The maximum atomic E-state index is 7.14. The molecule has 6 heteroatoms. The van der Waals surface area contributed by atoms with Crippen LogP contribution in [0.15, 0.2) is 212 Å². The molecule has 0 unspecified atom stereocenters. The van der Waals surface area contributed by atoms with Gasteiger partial charge in [-0.25, -0.2) is 4.98 Å². The van der Waals surface area contributed by atoms with Crippen molar-refractivity contribution in [1.29, 1.82) is 0 Å². The highest BCUT2D eigenvalue weighted by atomic mass is 16.5. The Kier molecular flexibility index (Phi) is 10.3. The molecule has 0 aliphatic carbocycles. The Hall–Kier alpha value is -8.35. The minimum Gasteiger partial charge on any atom is -0.457 e. The van der Waals surface area contributed by atoms with Crippen LogP contribution in [0, 0.1) is 0 Å². The molecule has 1 aliphatic rings. The summed E-state index contributed by atoms with van der Waals surface area (Å²) in [6.07, 6.45) is 1.95. The van der Waals surface area contributed by atoms with Gasteiger partial charge in [-0.15, -0.1) is 0 Å². The van der Waals surface area contributed by atoms with Crippen molar-refractivity contribution in [2.75, 3.05) is 16.5 Å². The Morgan fingerprint density at radius 2 is 1.01 bits per heavy atom. The Bertz CT molecular complexity index is 3690. The first kappa shape index (κ1) is 43.0. The molecule has 342 valence electrons. The predicted octanol–water partition coefficient (Wildman–Crippen LogP) is 17.1. The van der Waals surface area contributed by atoms with Crippen LogP contribution in [0.25, 0.3) is 66.6 Å². The van der Waals surface area contributed by atoms with Gasteiger partial charge in [0.05, 0.1) is 39.1 Å². The normalized spacial score (nSPS) is 12.9. The van der Waals surface area contributed by atoms with Gasteiger partial charge in [-0.05, 0) is 99.8 Å². The number of hydrogen-bond donors (Lipinski definition) is 0. The van der Waals surface area contributed by atoms with E-state index in [4.69, 9.17) is 9.72 Å². The molecular formula is C64H55N5O. The number of ether oxygens (including phenoxy) is 1. The van der Waals surface area contributed by atoms with E-state index in [1.165, 1.54) is 39.1 Å². The summed E-state index contributed by atoms with van der Waals surface area (Å²) in [5.41, 5.74) is 17.0. The van der Waals surface area contributed by atoms with Crippen LogP contribution in [0.3, 0.4) is 0 Å². The highest BCUT2D eigenvalue weighted by Gasteiger charge is 2.33. The number of aromatic nitrogens is 3. The Morgan fingerprint density at radius 3 is 1.69 bits per heavy atom. The molecule has 0 saturated carbocycles. The molecule has 1 aliphatic heterocycles. The summed E-state index contributed by atoms with van der Waals surface area (Å²) in [5.74, 6) is 2.40. The molecule has 0 amide bonds. The van der Waals surface area contributed by atoms with Crippen LogP contribution in [0.1, 0.15) is 52.7 Å². The average molecular weight is 910 g/mol. The lowest BCUT2D eigenvalue weighted by molar-refractivity contribution is 0.479. The first-order valence-corrected chi connectivity index (χ1v) is 24.3. The quantitative estimate of drug-likeness (QED) is 0.152. The Balaban J connectivity index is 1.01.